The molecule has 5 heterocycles. The van der Waals surface area contributed by atoms with Crippen molar-refractivity contribution in [3.8, 4) is 5.75 Å². The molecular weight excluding hydrogens is 950 g/mol. The number of aliphatic imine (C=N–C) groups is 2. The number of sulfonamides is 1. The van der Waals surface area contributed by atoms with Gasteiger partial charge in [0.25, 0.3) is 0 Å². The van der Waals surface area contributed by atoms with Gasteiger partial charge in [-0.1, -0.05) is 87.3 Å². The summed E-state index contributed by atoms with van der Waals surface area (Å²) in [5.41, 5.74) is 12.7. The Bertz CT molecular complexity index is 3210. The number of hydrogen-bond acceptors (Lipinski definition) is 14. The van der Waals surface area contributed by atoms with Crippen molar-refractivity contribution in [3.63, 3.8) is 0 Å². The maximum atomic E-state index is 13.9. The first-order chi connectivity index (χ1) is 34.0. The summed E-state index contributed by atoms with van der Waals surface area (Å²) < 4.78 is 48.1. The van der Waals surface area contributed by atoms with Crippen LogP contribution in [0.3, 0.4) is 0 Å². The molecule has 4 N–H and O–H groups in total. The van der Waals surface area contributed by atoms with Gasteiger partial charge in [0, 0.05) is 73.2 Å². The van der Waals surface area contributed by atoms with Crippen LogP contribution in [-0.2, 0) is 27.2 Å². The lowest BCUT2D eigenvalue weighted by molar-refractivity contribution is 0.169. The van der Waals surface area contributed by atoms with Gasteiger partial charge in [0.1, 0.15) is 28.0 Å². The second kappa shape index (κ2) is 21.2. The number of halogens is 2. The molecule has 366 valence electrons. The number of nitrogens with one attached hydrogen (secondary N) is 4. The second-order valence-corrected chi connectivity index (χ2v) is 18.5. The summed E-state index contributed by atoms with van der Waals surface area (Å²) in [5.74, 6) is 1.58. The van der Waals surface area contributed by atoms with E-state index in [1.165, 1.54) is 0 Å². The van der Waals surface area contributed by atoms with Crippen molar-refractivity contribution in [1.29, 1.82) is 0 Å². The molecule has 0 saturated heterocycles. The van der Waals surface area contributed by atoms with Gasteiger partial charge in [-0.3, -0.25) is 10.9 Å². The molecule has 3 aromatic carbocycles. The van der Waals surface area contributed by atoms with Crippen LogP contribution in [0.2, 0.25) is 0 Å². The van der Waals surface area contributed by atoms with E-state index in [0.29, 0.717) is 62.6 Å². The highest BCUT2D eigenvalue weighted by molar-refractivity contribution is 7.88. The van der Waals surface area contributed by atoms with Crippen LogP contribution in [0.4, 0.5) is 23.5 Å². The third kappa shape index (κ3) is 9.18. The van der Waals surface area contributed by atoms with Crippen LogP contribution in [0.25, 0.3) is 38.8 Å². The molecule has 0 amide bonds. The molecule has 0 fully saturated rings. The van der Waals surface area contributed by atoms with Gasteiger partial charge in [0.2, 0.25) is 27.9 Å². The fourth-order valence-corrected chi connectivity index (χ4v) is 10.7. The minimum atomic E-state index is -3.88. The molecule has 70 heavy (non-hydrogen) atoms. The molecule has 3 aromatic heterocycles. The van der Waals surface area contributed by atoms with Gasteiger partial charge in [-0.25, -0.2) is 33.1 Å². The number of aromatic nitrogens is 5. The number of rotatable bonds is 16. The number of benzene rings is 3. The molecule has 10 rings (SSSR count). The van der Waals surface area contributed by atoms with Crippen LogP contribution < -0.4 is 25.6 Å². The lowest BCUT2D eigenvalue weighted by atomic mass is 9.93. The predicted octanol–water partition coefficient (Wildman–Crippen LogP) is 9.87. The number of hydrazine groups is 2. The van der Waals surface area contributed by atoms with E-state index in [1.807, 2.05) is 92.3 Å². The van der Waals surface area contributed by atoms with Gasteiger partial charge >= 0.3 is 0 Å². The van der Waals surface area contributed by atoms with Crippen LogP contribution >= 0.6 is 23.2 Å². The Balaban J connectivity index is 0.00000161. The first kappa shape index (κ1) is 49.9. The Morgan fingerprint density at radius 2 is 1.31 bits per heavy atom. The van der Waals surface area contributed by atoms with Gasteiger partial charge in [0.15, 0.2) is 23.7 Å². The number of ether oxygens (including phenoxy) is 2. The summed E-state index contributed by atoms with van der Waals surface area (Å²) in [5, 5.41) is 10.5. The normalized spacial score (nSPS) is 16.7. The molecule has 6 aromatic rings. The summed E-state index contributed by atoms with van der Waals surface area (Å²) in [6, 6.07) is 19.9. The standard InChI is InChI=1S/C46H49Cl2N13O4S.2C2H4/c1-6-58(7-2)56-45-53-44(54-46(55-45)57-59(8-3)9-4)49-23-24-50-66(62,63)25-61-31-18-14-12-16-27(31)35-33(61)22-20-29-41(35)65-43-37(48)38-42(36(47)39(43)52-29)64-40-28(51-38)19-21-32-34(40)26-15-11-13-17-30(26)60(32)10-5;2*1-2/h11-22,41-42,50H,6-10,23-25H2,1-5H3,(H3,49,53,54,55,56,57);2*1-2H2. The first-order valence-electron chi connectivity index (χ1n) is 23.2. The maximum absolute atomic E-state index is 13.9. The van der Waals surface area contributed by atoms with Crippen molar-refractivity contribution in [2.24, 2.45) is 9.98 Å². The molecule has 17 nitrogen and oxygen atoms in total. The van der Waals surface area contributed by atoms with Crippen molar-refractivity contribution in [3.05, 3.63) is 126 Å². The Hall–Kier alpha value is -6.54. The molecule has 2 aliphatic carbocycles. The number of para-hydroxylation sites is 2. The molecular formula is C50H57Cl2N13O4S. The monoisotopic (exact) mass is 1010 g/mol. The van der Waals surface area contributed by atoms with E-state index in [0.717, 1.165) is 65.5 Å². The molecule has 2 aliphatic heterocycles. The third-order valence-corrected chi connectivity index (χ3v) is 14.2. The maximum Gasteiger partial charge on any atom is 0.244 e. The molecule has 2 atom stereocenters. The minimum absolute atomic E-state index is 0.0694. The Kier molecular flexibility index (Phi) is 15.1. The van der Waals surface area contributed by atoms with Crippen LogP contribution in [-0.4, -0.2) is 99.3 Å². The van der Waals surface area contributed by atoms with Crippen LogP contribution in [0, 0.1) is 0 Å². The molecule has 4 aliphatic rings. The van der Waals surface area contributed by atoms with Crippen LogP contribution in [0.5, 0.6) is 5.75 Å². The zero-order valence-electron chi connectivity index (χ0n) is 39.9. The highest BCUT2D eigenvalue weighted by Crippen LogP contribution is 2.51. The largest absolute Gasteiger partial charge is 0.475 e. The summed E-state index contributed by atoms with van der Waals surface area (Å²) in [6.07, 6.45) is 2.18. The number of fused-ring (bicyclic) bond motifs is 12. The first-order valence-corrected chi connectivity index (χ1v) is 25.6. The van der Waals surface area contributed by atoms with Crippen molar-refractivity contribution < 1.29 is 17.9 Å². The number of nitrogens with zero attached hydrogens (tertiary/aromatic N) is 9. The number of aryl methyl sites for hydroxylation is 1. The third-order valence-electron chi connectivity index (χ3n) is 12.2. The summed E-state index contributed by atoms with van der Waals surface area (Å²) in [4.78, 5) is 23.7. The SMILES string of the molecule is C=C.C=C.CCN(CC)Nc1nc(NCCNS(=O)(=O)Cn2c3c(c4ccccc42)C2OC4=C(Cl)C5=Nc6ccc7c(c6OC5C(Cl)=C4N=C2C=C3)c2ccccc2n7CC)nc(NN(CC)CC)n1. The van der Waals surface area contributed by atoms with E-state index in [4.69, 9.17) is 42.7 Å². The fraction of sp³-hybridized carbons (Fsp3) is 0.300. The smallest absolute Gasteiger partial charge is 0.244 e. The summed E-state index contributed by atoms with van der Waals surface area (Å²) >= 11 is 14.4. The van der Waals surface area contributed by atoms with Gasteiger partial charge in [0.05, 0.1) is 27.3 Å². The zero-order valence-corrected chi connectivity index (χ0v) is 42.2. The van der Waals surface area contributed by atoms with E-state index in [9.17, 15) is 8.42 Å². The van der Waals surface area contributed by atoms with Crippen LogP contribution in [0.15, 0.2) is 125 Å². The quantitative estimate of drug-likeness (QED) is 0.0410. The molecule has 2 unspecified atom stereocenters. The lowest BCUT2D eigenvalue weighted by Crippen LogP contribution is -2.37. The van der Waals surface area contributed by atoms with Crippen LogP contribution in [0.1, 0.15) is 52.0 Å². The van der Waals surface area contributed by atoms with Crippen molar-refractivity contribution >= 4 is 107 Å². The summed E-state index contributed by atoms with van der Waals surface area (Å²) in [6.45, 7) is 26.3. The van der Waals surface area contributed by atoms with E-state index in [2.05, 4.69) is 91.8 Å². The van der Waals surface area contributed by atoms with Crippen molar-refractivity contribution in [1.82, 2.24) is 38.8 Å². The van der Waals surface area contributed by atoms with Gasteiger partial charge in [-0.2, -0.15) is 15.0 Å². The Morgan fingerprint density at radius 1 is 0.700 bits per heavy atom. The number of anilines is 3. The second-order valence-electron chi connectivity index (χ2n) is 16.0. The Labute approximate surface area is 418 Å². The molecule has 0 saturated carbocycles. The molecule has 0 radical (unpaired) electrons. The van der Waals surface area contributed by atoms with Gasteiger partial charge in [-0.05, 0) is 43.3 Å². The van der Waals surface area contributed by atoms with E-state index >= 15 is 0 Å². The van der Waals surface area contributed by atoms with E-state index < -0.39 is 22.2 Å². The summed E-state index contributed by atoms with van der Waals surface area (Å²) in [7, 11) is -3.88. The average molecular weight is 1010 g/mol. The molecule has 0 bridgehead atoms. The molecule has 0 spiro atoms. The topological polar surface area (TPSA) is 180 Å². The molecule has 20 heteroatoms. The zero-order chi connectivity index (χ0) is 49.9. The van der Waals surface area contributed by atoms with Gasteiger partial charge < -0.3 is 23.9 Å². The predicted molar refractivity (Wildman–Crippen MR) is 285 cm³/mol. The van der Waals surface area contributed by atoms with Gasteiger partial charge in [-0.15, -0.1) is 26.3 Å². The van der Waals surface area contributed by atoms with E-state index in [-0.39, 0.29) is 29.8 Å². The number of hydrogen-bond donors (Lipinski definition) is 4. The van der Waals surface area contributed by atoms with E-state index in [1.54, 1.807) is 4.57 Å². The van der Waals surface area contributed by atoms with Crippen molar-refractivity contribution in [2.45, 2.75) is 59.2 Å². The highest BCUT2D eigenvalue weighted by Gasteiger charge is 2.44. The lowest BCUT2D eigenvalue weighted by Gasteiger charge is -2.35. The fourth-order valence-electron chi connectivity index (χ4n) is 9.01. The highest BCUT2D eigenvalue weighted by atomic mass is 35.5. The average Bonchev–Trinajstić information content (AvgIpc) is 3.90. The Morgan fingerprint density at radius 3 is 1.96 bits per heavy atom. The van der Waals surface area contributed by atoms with Crippen molar-refractivity contribution in [2.75, 3.05) is 55.4 Å². The minimum Gasteiger partial charge on any atom is -0.475 e.